The van der Waals surface area contributed by atoms with Gasteiger partial charge < -0.3 is 0 Å². The second-order valence-electron chi connectivity index (χ2n) is 3.95. The highest BCUT2D eigenvalue weighted by atomic mass is 35.5. The van der Waals surface area contributed by atoms with E-state index < -0.39 is 0 Å². The van der Waals surface area contributed by atoms with Crippen LogP contribution in [0.5, 0.6) is 0 Å². The molecule has 1 aliphatic carbocycles. The third-order valence-corrected chi connectivity index (χ3v) is 4.03. The quantitative estimate of drug-likeness (QED) is 0.665. The van der Waals surface area contributed by atoms with Crippen LogP contribution in [0.1, 0.15) is 31.2 Å². The van der Waals surface area contributed by atoms with Gasteiger partial charge in [-0.2, -0.15) is 11.3 Å². The van der Waals surface area contributed by atoms with Crippen LogP contribution in [-0.2, 0) is 6.42 Å². The van der Waals surface area contributed by atoms with Crippen molar-refractivity contribution >= 4 is 22.9 Å². The van der Waals surface area contributed by atoms with E-state index in [-0.39, 0.29) is 0 Å². The molecule has 0 radical (unpaired) electrons. The highest BCUT2D eigenvalue weighted by molar-refractivity contribution is 7.07. The Morgan fingerprint density at radius 1 is 1.46 bits per heavy atom. The fourth-order valence-corrected chi connectivity index (χ4v) is 3.16. The van der Waals surface area contributed by atoms with Crippen molar-refractivity contribution in [1.82, 2.24) is 0 Å². The Hall–Kier alpha value is -0.0100. The Morgan fingerprint density at radius 3 is 3.00 bits per heavy atom. The summed E-state index contributed by atoms with van der Waals surface area (Å²) in [6, 6.07) is 2.23. The number of rotatable bonds is 3. The molecule has 1 aromatic heterocycles. The van der Waals surface area contributed by atoms with Crippen LogP contribution in [0.3, 0.4) is 0 Å². The maximum atomic E-state index is 6.07. The van der Waals surface area contributed by atoms with Crippen molar-refractivity contribution in [2.45, 2.75) is 37.5 Å². The first-order valence-electron chi connectivity index (χ1n) is 5.00. The van der Waals surface area contributed by atoms with Gasteiger partial charge in [0.15, 0.2) is 0 Å². The number of halogens is 1. The van der Waals surface area contributed by atoms with Gasteiger partial charge in [-0.15, -0.1) is 11.6 Å². The van der Waals surface area contributed by atoms with E-state index in [2.05, 4.69) is 16.8 Å². The van der Waals surface area contributed by atoms with Crippen LogP contribution < -0.4 is 0 Å². The third kappa shape index (κ3) is 2.72. The summed E-state index contributed by atoms with van der Waals surface area (Å²) >= 11 is 7.87. The lowest BCUT2D eigenvalue weighted by atomic mass is 10.00. The van der Waals surface area contributed by atoms with Crippen molar-refractivity contribution in [1.29, 1.82) is 0 Å². The second kappa shape index (κ2) is 4.47. The lowest BCUT2D eigenvalue weighted by Crippen LogP contribution is -1.97. The molecule has 0 aliphatic heterocycles. The molecule has 0 bridgehead atoms. The highest BCUT2D eigenvalue weighted by Gasteiger charge is 2.22. The average Bonchev–Trinajstić information content (AvgIpc) is 2.71. The number of hydrogen-bond acceptors (Lipinski definition) is 1. The smallest absolute Gasteiger partial charge is 0.0338 e. The molecule has 0 aromatic carbocycles. The van der Waals surface area contributed by atoms with Gasteiger partial charge >= 0.3 is 0 Å². The SMILES string of the molecule is ClC1CCC(CCc2ccsc2)C1. The van der Waals surface area contributed by atoms with E-state index in [9.17, 15) is 0 Å². The lowest BCUT2D eigenvalue weighted by Gasteiger charge is -2.07. The Bertz CT molecular complexity index is 243. The Morgan fingerprint density at radius 2 is 2.38 bits per heavy atom. The van der Waals surface area contributed by atoms with Crippen LogP contribution >= 0.6 is 22.9 Å². The summed E-state index contributed by atoms with van der Waals surface area (Å²) in [6.45, 7) is 0. The van der Waals surface area contributed by atoms with Gasteiger partial charge in [-0.05, 0) is 60.4 Å². The summed E-state index contributed by atoms with van der Waals surface area (Å²) in [5.74, 6) is 0.891. The predicted molar refractivity (Wildman–Crippen MR) is 59.6 cm³/mol. The molecule has 72 valence electrons. The molecule has 0 N–H and O–H groups in total. The summed E-state index contributed by atoms with van der Waals surface area (Å²) < 4.78 is 0. The molecule has 13 heavy (non-hydrogen) atoms. The van der Waals surface area contributed by atoms with Crippen LogP contribution in [0.2, 0.25) is 0 Å². The Kier molecular flexibility index (Phi) is 3.28. The molecule has 0 amide bonds. The fraction of sp³-hybridized carbons (Fsp3) is 0.636. The van der Waals surface area contributed by atoms with Crippen molar-refractivity contribution in [3.8, 4) is 0 Å². The first kappa shape index (κ1) is 9.54. The van der Waals surface area contributed by atoms with Gasteiger partial charge in [0, 0.05) is 5.38 Å². The van der Waals surface area contributed by atoms with Gasteiger partial charge in [-0.3, -0.25) is 0 Å². The largest absolute Gasteiger partial charge is 0.152 e. The van der Waals surface area contributed by atoms with Crippen molar-refractivity contribution in [2.75, 3.05) is 0 Å². The standard InChI is InChI=1S/C11H15ClS/c12-11-4-3-9(7-11)1-2-10-5-6-13-8-10/h5-6,8-9,11H,1-4,7H2. The van der Waals surface area contributed by atoms with Crippen LogP contribution in [-0.4, -0.2) is 5.38 Å². The zero-order valence-electron chi connectivity index (χ0n) is 7.71. The van der Waals surface area contributed by atoms with Crippen molar-refractivity contribution < 1.29 is 0 Å². The average molecular weight is 215 g/mol. The molecular formula is C11H15ClS. The molecule has 2 unspecified atom stereocenters. The molecule has 1 heterocycles. The summed E-state index contributed by atoms with van der Waals surface area (Å²) in [5.41, 5.74) is 1.50. The minimum absolute atomic E-state index is 0.465. The molecule has 2 rings (SSSR count). The van der Waals surface area contributed by atoms with Crippen molar-refractivity contribution in [3.05, 3.63) is 22.4 Å². The fourth-order valence-electron chi connectivity index (χ4n) is 2.08. The van der Waals surface area contributed by atoms with Gasteiger partial charge in [-0.25, -0.2) is 0 Å². The van der Waals surface area contributed by atoms with Crippen LogP contribution in [0.4, 0.5) is 0 Å². The summed E-state index contributed by atoms with van der Waals surface area (Å²) in [6.07, 6.45) is 6.40. The first-order valence-corrected chi connectivity index (χ1v) is 6.37. The predicted octanol–water partition coefficient (Wildman–Crippen LogP) is 4.09. The molecule has 0 nitrogen and oxygen atoms in total. The van der Waals surface area contributed by atoms with E-state index >= 15 is 0 Å². The third-order valence-electron chi connectivity index (χ3n) is 2.90. The maximum absolute atomic E-state index is 6.07. The van der Waals surface area contributed by atoms with Crippen LogP contribution in [0.25, 0.3) is 0 Å². The molecule has 0 saturated heterocycles. The van der Waals surface area contributed by atoms with E-state index in [0.717, 1.165) is 5.92 Å². The molecule has 0 spiro atoms. The number of hydrogen-bond donors (Lipinski definition) is 0. The van der Waals surface area contributed by atoms with Crippen LogP contribution in [0.15, 0.2) is 16.8 Å². The molecule has 1 saturated carbocycles. The maximum Gasteiger partial charge on any atom is 0.0338 e. The number of thiophene rings is 1. The highest BCUT2D eigenvalue weighted by Crippen LogP contribution is 2.32. The van der Waals surface area contributed by atoms with E-state index in [1.807, 2.05) is 0 Å². The summed E-state index contributed by atoms with van der Waals surface area (Å²) in [7, 11) is 0. The minimum Gasteiger partial charge on any atom is -0.152 e. The zero-order chi connectivity index (χ0) is 9.10. The molecule has 1 fully saturated rings. The first-order chi connectivity index (χ1) is 6.34. The van der Waals surface area contributed by atoms with Gasteiger partial charge in [0.05, 0.1) is 0 Å². The van der Waals surface area contributed by atoms with Gasteiger partial charge in [0.2, 0.25) is 0 Å². The molecule has 2 heteroatoms. The molecular weight excluding hydrogens is 200 g/mol. The normalized spacial score (nSPS) is 28.1. The van der Waals surface area contributed by atoms with Crippen molar-refractivity contribution in [3.63, 3.8) is 0 Å². The monoisotopic (exact) mass is 214 g/mol. The van der Waals surface area contributed by atoms with Gasteiger partial charge in [0.25, 0.3) is 0 Å². The molecule has 1 aliphatic rings. The second-order valence-corrected chi connectivity index (χ2v) is 5.34. The van der Waals surface area contributed by atoms with Gasteiger partial charge in [-0.1, -0.05) is 0 Å². The summed E-state index contributed by atoms with van der Waals surface area (Å²) in [4.78, 5) is 0. The Labute approximate surface area is 88.9 Å². The zero-order valence-corrected chi connectivity index (χ0v) is 9.28. The topological polar surface area (TPSA) is 0 Å². The number of aryl methyl sites for hydroxylation is 1. The molecule has 2 atom stereocenters. The Balaban J connectivity index is 1.74. The van der Waals surface area contributed by atoms with Crippen molar-refractivity contribution in [2.24, 2.45) is 5.92 Å². The van der Waals surface area contributed by atoms with E-state index in [4.69, 9.17) is 11.6 Å². The lowest BCUT2D eigenvalue weighted by molar-refractivity contribution is 0.505. The van der Waals surface area contributed by atoms with E-state index in [1.54, 1.807) is 11.3 Å². The van der Waals surface area contributed by atoms with Crippen LogP contribution in [0, 0.1) is 5.92 Å². The van der Waals surface area contributed by atoms with Gasteiger partial charge in [0.1, 0.15) is 0 Å². The minimum atomic E-state index is 0.465. The van der Waals surface area contributed by atoms with E-state index in [1.165, 1.54) is 37.7 Å². The molecule has 1 aromatic rings. The van der Waals surface area contributed by atoms with E-state index in [0.29, 0.717) is 5.38 Å². The number of alkyl halides is 1. The summed E-state index contributed by atoms with van der Waals surface area (Å²) in [5, 5.41) is 4.88.